The molecular weight excluding hydrogens is 380 g/mol. The zero-order valence-corrected chi connectivity index (χ0v) is 12.9. The fourth-order valence-electron chi connectivity index (χ4n) is 1.88. The zero-order valence-electron chi connectivity index (χ0n) is 9.78. The van der Waals surface area contributed by atoms with Gasteiger partial charge in [0.1, 0.15) is 5.25 Å². The largest absolute Gasteiger partial charge is 0.276 e. The first-order valence-electron chi connectivity index (χ1n) is 5.33. The lowest BCUT2D eigenvalue weighted by Crippen LogP contribution is -2.24. The van der Waals surface area contributed by atoms with Gasteiger partial charge in [0.05, 0.1) is 16.2 Å². The minimum Gasteiger partial charge on any atom is -0.276 e. The van der Waals surface area contributed by atoms with Crippen LogP contribution < -0.4 is 5.14 Å². The van der Waals surface area contributed by atoms with E-state index in [0.29, 0.717) is 9.99 Å². The van der Waals surface area contributed by atoms with Crippen molar-refractivity contribution >= 4 is 48.5 Å². The summed E-state index contributed by atoms with van der Waals surface area (Å²) in [5.41, 5.74) is 0.324. The first-order chi connectivity index (χ1) is 9.21. The summed E-state index contributed by atoms with van der Waals surface area (Å²) in [6.45, 7) is 0. The number of hydrogen-bond donors (Lipinski definition) is 2. The first-order valence-corrected chi connectivity index (χ1v) is 8.11. The molecule has 5 nitrogen and oxygen atoms in total. The maximum Gasteiger partial charge on any atom is 0.240 e. The van der Waals surface area contributed by atoms with Gasteiger partial charge in [-0.15, -0.1) is 0 Å². The number of benzene rings is 1. The minimum atomic E-state index is -4.24. The van der Waals surface area contributed by atoms with Gasteiger partial charge in [0.25, 0.3) is 0 Å². The number of sulfonamides is 1. The summed E-state index contributed by atoms with van der Waals surface area (Å²) in [5, 5.41) is 10.3. The number of fused-ring (bicyclic) bond motifs is 1. The second kappa shape index (κ2) is 5.55. The third-order valence-electron chi connectivity index (χ3n) is 2.74. The van der Waals surface area contributed by atoms with Gasteiger partial charge in [0.2, 0.25) is 16.4 Å². The van der Waals surface area contributed by atoms with E-state index in [1.54, 1.807) is 6.07 Å². The Hall–Kier alpha value is -0.770. The van der Waals surface area contributed by atoms with Crippen LogP contribution in [0.3, 0.4) is 0 Å². The minimum absolute atomic E-state index is 0.103. The molecule has 0 aliphatic carbocycles. The Morgan fingerprint density at radius 2 is 2.10 bits per heavy atom. The molecule has 0 fully saturated rings. The van der Waals surface area contributed by atoms with Crippen molar-refractivity contribution < 1.29 is 17.2 Å². The van der Waals surface area contributed by atoms with E-state index in [-0.39, 0.29) is 16.1 Å². The topological polar surface area (TPSA) is 88.8 Å². The number of halogens is 4. The molecule has 0 aliphatic heterocycles. The van der Waals surface area contributed by atoms with Crippen molar-refractivity contribution in [2.24, 2.45) is 5.14 Å². The van der Waals surface area contributed by atoms with Crippen LogP contribution in [0.1, 0.15) is 17.4 Å². The molecule has 0 saturated carbocycles. The van der Waals surface area contributed by atoms with Crippen molar-refractivity contribution in [2.45, 2.75) is 18.1 Å². The van der Waals surface area contributed by atoms with E-state index in [9.17, 15) is 17.2 Å². The van der Waals surface area contributed by atoms with Gasteiger partial charge < -0.3 is 0 Å². The Morgan fingerprint density at radius 1 is 1.45 bits per heavy atom. The van der Waals surface area contributed by atoms with Crippen LogP contribution >= 0.6 is 27.5 Å². The lowest BCUT2D eigenvalue weighted by molar-refractivity contribution is 0.135. The molecule has 2 aromatic rings. The summed E-state index contributed by atoms with van der Waals surface area (Å²) in [6, 6.07) is 3.14. The molecule has 110 valence electrons. The number of aromatic amines is 1. The van der Waals surface area contributed by atoms with Crippen molar-refractivity contribution in [3.63, 3.8) is 0 Å². The van der Waals surface area contributed by atoms with Gasteiger partial charge in [-0.05, 0) is 28.1 Å². The molecule has 0 aliphatic rings. The third kappa shape index (κ3) is 2.95. The summed E-state index contributed by atoms with van der Waals surface area (Å²) >= 11 is 9.24. The van der Waals surface area contributed by atoms with Crippen LogP contribution in [0, 0.1) is 0 Å². The predicted octanol–water partition coefficient (Wildman–Crippen LogP) is 2.96. The molecule has 10 heteroatoms. The van der Waals surface area contributed by atoms with Gasteiger partial charge in [-0.1, -0.05) is 11.6 Å². The first kappa shape index (κ1) is 15.6. The summed E-state index contributed by atoms with van der Waals surface area (Å²) in [4.78, 5) is 0. The SMILES string of the molecule is NS(=O)(=O)C(CC(F)F)c1n[nH]c2c(Br)ccc(Cl)c12. The van der Waals surface area contributed by atoms with Crippen molar-refractivity contribution in [3.05, 3.63) is 27.3 Å². The molecule has 1 unspecified atom stereocenters. The highest BCUT2D eigenvalue weighted by Gasteiger charge is 2.32. The van der Waals surface area contributed by atoms with E-state index in [0.717, 1.165) is 0 Å². The van der Waals surface area contributed by atoms with Crippen LogP contribution in [0.15, 0.2) is 16.6 Å². The molecule has 0 saturated heterocycles. The average Bonchev–Trinajstić information content (AvgIpc) is 2.75. The summed E-state index contributed by atoms with van der Waals surface area (Å²) in [7, 11) is -4.24. The van der Waals surface area contributed by atoms with E-state index in [4.69, 9.17) is 16.7 Å². The van der Waals surface area contributed by atoms with Gasteiger partial charge in [-0.3, -0.25) is 5.10 Å². The number of nitrogens with zero attached hydrogens (tertiary/aromatic N) is 1. The number of rotatable bonds is 4. The Kier molecular flexibility index (Phi) is 4.33. The molecule has 0 amide bonds. The normalized spacial score (nSPS) is 14.1. The monoisotopic (exact) mass is 387 g/mol. The molecule has 0 radical (unpaired) electrons. The van der Waals surface area contributed by atoms with Gasteiger partial charge in [-0.2, -0.15) is 5.10 Å². The van der Waals surface area contributed by atoms with Crippen molar-refractivity contribution in [2.75, 3.05) is 0 Å². The zero-order chi connectivity index (χ0) is 15.1. The molecule has 1 atom stereocenters. The summed E-state index contributed by atoms with van der Waals surface area (Å²) in [6.07, 6.45) is -3.78. The van der Waals surface area contributed by atoms with Crippen molar-refractivity contribution in [1.82, 2.24) is 10.2 Å². The highest BCUT2D eigenvalue weighted by Crippen LogP contribution is 2.37. The highest BCUT2D eigenvalue weighted by atomic mass is 79.9. The molecule has 20 heavy (non-hydrogen) atoms. The smallest absolute Gasteiger partial charge is 0.240 e. The molecule has 0 spiro atoms. The van der Waals surface area contributed by atoms with Crippen LogP contribution in [0.5, 0.6) is 0 Å². The highest BCUT2D eigenvalue weighted by molar-refractivity contribution is 9.10. The van der Waals surface area contributed by atoms with Crippen LogP contribution in [-0.2, 0) is 10.0 Å². The lowest BCUT2D eigenvalue weighted by Gasteiger charge is -2.12. The average molecular weight is 389 g/mol. The second-order valence-electron chi connectivity index (χ2n) is 4.09. The molecule has 2 rings (SSSR count). The number of primary sulfonamides is 1. The summed E-state index contributed by atoms with van der Waals surface area (Å²) in [5.74, 6) is 0. The molecular formula is C10H9BrClF2N3O2S. The molecule has 0 bridgehead atoms. The number of hydrogen-bond acceptors (Lipinski definition) is 3. The Bertz CT molecular complexity index is 750. The maximum atomic E-state index is 12.6. The predicted molar refractivity (Wildman–Crippen MR) is 75.3 cm³/mol. The number of aromatic nitrogens is 2. The van der Waals surface area contributed by atoms with Crippen molar-refractivity contribution in [1.29, 1.82) is 0 Å². The molecule has 3 N–H and O–H groups in total. The van der Waals surface area contributed by atoms with Crippen LogP contribution in [0.4, 0.5) is 8.78 Å². The Labute approximate surface area is 126 Å². The van der Waals surface area contributed by atoms with Crippen molar-refractivity contribution in [3.8, 4) is 0 Å². The van der Waals surface area contributed by atoms with E-state index >= 15 is 0 Å². The second-order valence-corrected chi connectivity index (χ2v) is 7.10. The Morgan fingerprint density at radius 3 is 2.65 bits per heavy atom. The number of nitrogens with one attached hydrogen (secondary N) is 1. The standard InChI is InChI=1S/C10H9BrClF2N3O2S/c11-4-1-2-5(12)8-9(4)16-17-10(8)6(3-7(13)14)20(15,18)19/h1-2,6-7H,3H2,(H,16,17)(H2,15,18,19). The van der Waals surface area contributed by atoms with Gasteiger partial charge in [-0.25, -0.2) is 22.3 Å². The van der Waals surface area contributed by atoms with Crippen LogP contribution in [0.25, 0.3) is 10.9 Å². The Balaban J connectivity index is 2.69. The molecule has 1 aromatic heterocycles. The van der Waals surface area contributed by atoms with Gasteiger partial charge in [0, 0.05) is 16.3 Å². The van der Waals surface area contributed by atoms with Gasteiger partial charge in [0.15, 0.2) is 0 Å². The lowest BCUT2D eigenvalue weighted by atomic mass is 10.1. The van der Waals surface area contributed by atoms with Crippen LogP contribution in [0.2, 0.25) is 5.02 Å². The van der Waals surface area contributed by atoms with E-state index in [1.165, 1.54) is 6.07 Å². The number of H-pyrrole nitrogens is 1. The molecule has 1 aromatic carbocycles. The maximum absolute atomic E-state index is 12.6. The molecule has 1 heterocycles. The van der Waals surface area contributed by atoms with E-state index in [2.05, 4.69) is 26.1 Å². The van der Waals surface area contributed by atoms with E-state index < -0.39 is 28.1 Å². The fraction of sp³-hybridized carbons (Fsp3) is 0.300. The van der Waals surface area contributed by atoms with Gasteiger partial charge >= 0.3 is 0 Å². The number of nitrogens with two attached hydrogens (primary N) is 1. The summed E-state index contributed by atoms with van der Waals surface area (Å²) < 4.78 is 48.8. The quantitative estimate of drug-likeness (QED) is 0.844. The fourth-order valence-corrected chi connectivity index (χ4v) is 3.45. The van der Waals surface area contributed by atoms with E-state index in [1.807, 2.05) is 0 Å². The van der Waals surface area contributed by atoms with Crippen LogP contribution in [-0.4, -0.2) is 25.0 Å². The third-order valence-corrected chi connectivity index (χ3v) is 4.93. The number of alkyl halides is 2.